The normalized spacial score (nSPS) is 41.0. The van der Waals surface area contributed by atoms with Crippen molar-refractivity contribution in [1.29, 1.82) is 0 Å². The van der Waals surface area contributed by atoms with E-state index in [1.54, 1.807) is 0 Å². The van der Waals surface area contributed by atoms with Crippen LogP contribution < -0.4 is 0 Å². The molecule has 2 N–H and O–H groups in total. The molecule has 0 saturated heterocycles. The third-order valence-electron chi connectivity index (χ3n) is 5.61. The van der Waals surface area contributed by atoms with Crippen molar-refractivity contribution < 1.29 is 19.7 Å². The zero-order valence-corrected chi connectivity index (χ0v) is 13.5. The molecule has 6 atom stereocenters. The second-order valence-corrected chi connectivity index (χ2v) is 7.03. The number of carbonyl (C=O) groups excluding carboxylic acids is 1. The van der Waals surface area contributed by atoms with Gasteiger partial charge in [0.1, 0.15) is 6.10 Å². The summed E-state index contributed by atoms with van der Waals surface area (Å²) in [6.07, 6.45) is 4.20. The van der Waals surface area contributed by atoms with Crippen molar-refractivity contribution in [3.05, 3.63) is 11.6 Å². The molecule has 1 fully saturated rings. The lowest BCUT2D eigenvalue weighted by Gasteiger charge is -2.52. The number of aliphatic hydroxyl groups excluding tert-OH is 1. The molecule has 2 rings (SSSR count). The van der Waals surface area contributed by atoms with E-state index >= 15 is 0 Å². The third-order valence-corrected chi connectivity index (χ3v) is 5.61. The summed E-state index contributed by atoms with van der Waals surface area (Å²) < 4.78 is 5.37. The first-order chi connectivity index (χ1) is 9.79. The average molecular weight is 296 g/mol. The van der Waals surface area contributed by atoms with E-state index in [0.717, 1.165) is 18.4 Å². The lowest BCUT2D eigenvalue weighted by molar-refractivity contribution is -0.159. The molecule has 0 spiro atoms. The number of fused-ring (bicyclic) bond motifs is 1. The number of ether oxygens (including phenoxy) is 1. The van der Waals surface area contributed by atoms with Gasteiger partial charge in [0, 0.05) is 25.9 Å². The Morgan fingerprint density at radius 3 is 2.76 bits per heavy atom. The Labute approximate surface area is 127 Å². The van der Waals surface area contributed by atoms with E-state index in [1.165, 1.54) is 6.92 Å². The molecule has 1 saturated carbocycles. The quantitative estimate of drug-likeness (QED) is 0.619. The monoisotopic (exact) mass is 296 g/mol. The summed E-state index contributed by atoms with van der Waals surface area (Å²) in [7, 11) is 0. The first kappa shape index (κ1) is 16.5. The van der Waals surface area contributed by atoms with Crippen molar-refractivity contribution in [2.75, 3.05) is 6.61 Å². The van der Waals surface area contributed by atoms with Crippen LogP contribution in [-0.2, 0) is 9.53 Å². The molecule has 0 amide bonds. The van der Waals surface area contributed by atoms with Crippen molar-refractivity contribution >= 4 is 5.97 Å². The topological polar surface area (TPSA) is 66.8 Å². The van der Waals surface area contributed by atoms with Gasteiger partial charge in [-0.25, -0.2) is 0 Å². The van der Waals surface area contributed by atoms with Crippen LogP contribution in [0.3, 0.4) is 0 Å². The van der Waals surface area contributed by atoms with E-state index in [4.69, 9.17) is 4.74 Å². The average Bonchev–Trinajstić information content (AvgIpc) is 2.41. The molecule has 0 aromatic heterocycles. The molecule has 0 heterocycles. The van der Waals surface area contributed by atoms with Gasteiger partial charge in [0.2, 0.25) is 0 Å². The lowest BCUT2D eigenvalue weighted by atomic mass is 9.57. The Morgan fingerprint density at radius 1 is 1.52 bits per heavy atom. The van der Waals surface area contributed by atoms with Crippen molar-refractivity contribution in [3.63, 3.8) is 0 Å². The molecule has 0 bridgehead atoms. The predicted octanol–water partition coefficient (Wildman–Crippen LogP) is 2.29. The van der Waals surface area contributed by atoms with Crippen LogP contribution in [0.15, 0.2) is 11.6 Å². The lowest BCUT2D eigenvalue weighted by Crippen LogP contribution is -2.55. The van der Waals surface area contributed by atoms with Gasteiger partial charge in [-0.2, -0.15) is 0 Å². The summed E-state index contributed by atoms with van der Waals surface area (Å²) in [5.41, 5.74) is 0.176. The number of aliphatic hydroxyl groups is 2. The van der Waals surface area contributed by atoms with Gasteiger partial charge in [-0.15, -0.1) is 0 Å². The zero-order chi connectivity index (χ0) is 15.8. The molecular weight excluding hydrogens is 268 g/mol. The van der Waals surface area contributed by atoms with Gasteiger partial charge in [-0.1, -0.05) is 19.9 Å². The van der Waals surface area contributed by atoms with Crippen LogP contribution in [0.5, 0.6) is 0 Å². The minimum absolute atomic E-state index is 0.0372. The molecule has 4 nitrogen and oxygen atoms in total. The van der Waals surface area contributed by atoms with Crippen LogP contribution in [0.1, 0.15) is 47.0 Å². The number of rotatable bonds is 3. The Kier molecular flexibility index (Phi) is 4.79. The number of hydrogen-bond donors (Lipinski definition) is 2. The Morgan fingerprint density at radius 2 is 2.19 bits per heavy atom. The first-order valence-electron chi connectivity index (χ1n) is 7.98. The highest BCUT2D eigenvalue weighted by Crippen LogP contribution is 2.51. The van der Waals surface area contributed by atoms with Crippen LogP contribution in [0.2, 0.25) is 0 Å². The van der Waals surface area contributed by atoms with E-state index in [9.17, 15) is 15.0 Å². The van der Waals surface area contributed by atoms with Gasteiger partial charge < -0.3 is 14.9 Å². The van der Waals surface area contributed by atoms with E-state index in [0.29, 0.717) is 6.42 Å². The highest BCUT2D eigenvalue weighted by Gasteiger charge is 2.52. The van der Waals surface area contributed by atoms with Crippen molar-refractivity contribution in [2.45, 2.75) is 58.7 Å². The molecule has 0 aliphatic heterocycles. The second-order valence-electron chi connectivity index (χ2n) is 7.03. The SMILES string of the molecule is CC(=O)O[C@@H]1C[C@@]2(O)[C@H](C)CC[C@@H]([C@H](C)CO)[C@H]2C=C1C. The van der Waals surface area contributed by atoms with Gasteiger partial charge >= 0.3 is 5.97 Å². The first-order valence-corrected chi connectivity index (χ1v) is 7.98. The zero-order valence-electron chi connectivity index (χ0n) is 13.5. The van der Waals surface area contributed by atoms with E-state index in [-0.39, 0.29) is 42.4 Å². The fourth-order valence-electron chi connectivity index (χ4n) is 4.13. The van der Waals surface area contributed by atoms with Gasteiger partial charge in [0.25, 0.3) is 0 Å². The smallest absolute Gasteiger partial charge is 0.303 e. The Bertz CT molecular complexity index is 431. The standard InChI is InChI=1S/C17H28O4/c1-10-7-15-14(11(2)9-18)6-5-12(3)17(15,20)8-16(10)21-13(4)19/h7,11-12,14-16,18,20H,5-6,8-9H2,1-4H3/t11-,12-,14+,15-,16-,17-/m1/s1. The van der Waals surface area contributed by atoms with Crippen LogP contribution in [0.4, 0.5) is 0 Å². The van der Waals surface area contributed by atoms with Crippen LogP contribution in [0, 0.1) is 23.7 Å². The maximum absolute atomic E-state index is 11.3. The maximum Gasteiger partial charge on any atom is 0.303 e. The van der Waals surface area contributed by atoms with E-state index in [1.807, 2.05) is 13.8 Å². The Balaban J connectivity index is 2.33. The summed E-state index contributed by atoms with van der Waals surface area (Å²) in [4.78, 5) is 11.3. The molecule has 4 heteroatoms. The maximum atomic E-state index is 11.3. The van der Waals surface area contributed by atoms with Crippen molar-refractivity contribution in [3.8, 4) is 0 Å². The molecular formula is C17H28O4. The molecule has 21 heavy (non-hydrogen) atoms. The third kappa shape index (κ3) is 3.02. The largest absolute Gasteiger partial charge is 0.458 e. The van der Waals surface area contributed by atoms with Crippen LogP contribution in [-0.4, -0.2) is 34.5 Å². The number of esters is 1. The summed E-state index contributed by atoms with van der Waals surface area (Å²) in [6.45, 7) is 7.64. The summed E-state index contributed by atoms with van der Waals surface area (Å²) in [6, 6.07) is 0. The highest BCUT2D eigenvalue weighted by molar-refractivity contribution is 5.66. The fourth-order valence-corrected chi connectivity index (χ4v) is 4.13. The molecule has 0 aromatic carbocycles. The summed E-state index contributed by atoms with van der Waals surface area (Å²) in [5, 5.41) is 20.8. The predicted molar refractivity (Wildman–Crippen MR) is 80.5 cm³/mol. The number of carbonyl (C=O) groups is 1. The van der Waals surface area contributed by atoms with E-state index in [2.05, 4.69) is 13.0 Å². The van der Waals surface area contributed by atoms with Crippen LogP contribution in [0.25, 0.3) is 0 Å². The second kappa shape index (κ2) is 6.09. The van der Waals surface area contributed by atoms with Crippen molar-refractivity contribution in [1.82, 2.24) is 0 Å². The molecule has 0 radical (unpaired) electrons. The van der Waals surface area contributed by atoms with Crippen molar-refractivity contribution in [2.24, 2.45) is 23.7 Å². The molecule has 2 aliphatic rings. The van der Waals surface area contributed by atoms with Gasteiger partial charge in [-0.3, -0.25) is 4.79 Å². The summed E-state index contributed by atoms with van der Waals surface area (Å²) >= 11 is 0. The highest BCUT2D eigenvalue weighted by atomic mass is 16.5. The molecule has 2 aliphatic carbocycles. The van der Waals surface area contributed by atoms with Crippen LogP contribution >= 0.6 is 0 Å². The van der Waals surface area contributed by atoms with E-state index < -0.39 is 5.60 Å². The minimum Gasteiger partial charge on any atom is -0.458 e. The Hall–Kier alpha value is -0.870. The van der Waals surface area contributed by atoms with Gasteiger partial charge in [0.05, 0.1) is 5.60 Å². The van der Waals surface area contributed by atoms with Gasteiger partial charge in [-0.05, 0) is 43.1 Å². The molecule has 0 unspecified atom stereocenters. The molecule has 120 valence electrons. The number of hydrogen-bond acceptors (Lipinski definition) is 4. The fraction of sp³-hybridized carbons (Fsp3) is 0.824. The minimum atomic E-state index is -0.841. The summed E-state index contributed by atoms with van der Waals surface area (Å²) in [5.74, 6) is 0.355. The molecule has 0 aromatic rings. The van der Waals surface area contributed by atoms with Gasteiger partial charge in [0.15, 0.2) is 0 Å².